The number of furan rings is 2. The zero-order chi connectivity index (χ0) is 34.9. The number of rotatable bonds is 5. The van der Waals surface area contributed by atoms with Crippen LogP contribution in [0, 0.1) is 0 Å². The van der Waals surface area contributed by atoms with Gasteiger partial charge >= 0.3 is 0 Å². The number of benzene rings is 9. The van der Waals surface area contributed by atoms with Crippen molar-refractivity contribution >= 4 is 82.5 Å². The van der Waals surface area contributed by atoms with Crippen molar-refractivity contribution < 1.29 is 8.83 Å². The van der Waals surface area contributed by atoms with Gasteiger partial charge in [-0.2, -0.15) is 0 Å². The molecule has 53 heavy (non-hydrogen) atoms. The SMILES string of the molecule is c1ccc(-c2cc3c4cccc(-c5ccc(N(c6ccccc6)c6ccc7oc8c9ccccc9ccc8c7c6)cc5)c4oc3c3ccccc23)cc1. The summed E-state index contributed by atoms with van der Waals surface area (Å²) in [5.41, 5.74) is 11.4. The molecule has 3 heteroatoms. The first-order valence-corrected chi connectivity index (χ1v) is 18.0. The molecular weight excluding hydrogens is 647 g/mol. The van der Waals surface area contributed by atoms with Crippen LogP contribution in [0.2, 0.25) is 0 Å². The Labute approximate surface area is 305 Å². The third-order valence-corrected chi connectivity index (χ3v) is 10.6. The first-order chi connectivity index (χ1) is 26.3. The maximum atomic E-state index is 6.83. The van der Waals surface area contributed by atoms with Gasteiger partial charge < -0.3 is 13.7 Å². The van der Waals surface area contributed by atoms with E-state index in [1.54, 1.807) is 0 Å². The summed E-state index contributed by atoms with van der Waals surface area (Å²) in [6.45, 7) is 0. The topological polar surface area (TPSA) is 29.5 Å². The molecule has 0 aliphatic heterocycles. The van der Waals surface area contributed by atoms with Crippen LogP contribution in [-0.2, 0) is 0 Å². The zero-order valence-corrected chi connectivity index (χ0v) is 28.7. The number of hydrogen-bond acceptors (Lipinski definition) is 3. The molecule has 0 unspecified atom stereocenters. The van der Waals surface area contributed by atoms with Gasteiger partial charge in [0.25, 0.3) is 0 Å². The summed E-state index contributed by atoms with van der Waals surface area (Å²) in [5, 5.41) is 9.07. The van der Waals surface area contributed by atoms with Gasteiger partial charge in [0, 0.05) is 54.9 Å². The highest BCUT2D eigenvalue weighted by molar-refractivity contribution is 6.21. The quantitative estimate of drug-likeness (QED) is 0.182. The molecule has 2 aromatic heterocycles. The molecular formula is C50H31NO2. The minimum atomic E-state index is 0.881. The molecule has 0 radical (unpaired) electrons. The van der Waals surface area contributed by atoms with E-state index in [1.165, 1.54) is 21.9 Å². The van der Waals surface area contributed by atoms with Crippen molar-refractivity contribution in [2.45, 2.75) is 0 Å². The van der Waals surface area contributed by atoms with Crippen LogP contribution in [-0.4, -0.2) is 0 Å². The van der Waals surface area contributed by atoms with Crippen LogP contribution >= 0.6 is 0 Å². The second kappa shape index (κ2) is 11.7. The molecule has 0 amide bonds. The van der Waals surface area contributed by atoms with Gasteiger partial charge in [-0.3, -0.25) is 0 Å². The average molecular weight is 678 g/mol. The fourth-order valence-corrected chi connectivity index (χ4v) is 8.15. The van der Waals surface area contributed by atoms with Gasteiger partial charge in [0.1, 0.15) is 22.3 Å². The van der Waals surface area contributed by atoms with E-state index >= 15 is 0 Å². The summed E-state index contributed by atoms with van der Waals surface area (Å²) in [5.74, 6) is 0. The largest absolute Gasteiger partial charge is 0.455 e. The van der Waals surface area contributed by atoms with Crippen molar-refractivity contribution in [3.05, 3.63) is 188 Å². The van der Waals surface area contributed by atoms with Crippen molar-refractivity contribution in [1.29, 1.82) is 0 Å². The Kier molecular flexibility index (Phi) is 6.55. The van der Waals surface area contributed by atoms with Crippen molar-refractivity contribution in [3.8, 4) is 22.3 Å². The van der Waals surface area contributed by atoms with E-state index < -0.39 is 0 Å². The van der Waals surface area contributed by atoms with Crippen LogP contribution < -0.4 is 4.90 Å². The van der Waals surface area contributed by atoms with E-state index in [-0.39, 0.29) is 0 Å². The fourth-order valence-electron chi connectivity index (χ4n) is 8.15. The number of anilines is 3. The van der Waals surface area contributed by atoms with Crippen molar-refractivity contribution in [3.63, 3.8) is 0 Å². The predicted molar refractivity (Wildman–Crippen MR) is 222 cm³/mol. The Morgan fingerprint density at radius 2 is 0.906 bits per heavy atom. The first-order valence-electron chi connectivity index (χ1n) is 18.0. The number of hydrogen-bond donors (Lipinski definition) is 0. The lowest BCUT2D eigenvalue weighted by atomic mass is 9.95. The Morgan fingerprint density at radius 1 is 0.302 bits per heavy atom. The van der Waals surface area contributed by atoms with E-state index in [0.717, 1.165) is 82.8 Å². The molecule has 2 heterocycles. The summed E-state index contributed by atoms with van der Waals surface area (Å²) < 4.78 is 13.3. The first kappa shape index (κ1) is 29.6. The Balaban J connectivity index is 1.04. The normalized spacial score (nSPS) is 11.8. The zero-order valence-electron chi connectivity index (χ0n) is 28.7. The molecule has 0 spiro atoms. The predicted octanol–water partition coefficient (Wildman–Crippen LogP) is 14.6. The molecule has 0 aliphatic rings. The molecule has 3 nitrogen and oxygen atoms in total. The van der Waals surface area contributed by atoms with E-state index in [9.17, 15) is 0 Å². The average Bonchev–Trinajstić information content (AvgIpc) is 3.80. The molecule has 11 aromatic rings. The Hall–Kier alpha value is -7.10. The summed E-state index contributed by atoms with van der Waals surface area (Å²) in [6, 6.07) is 66.6. The second-order valence-electron chi connectivity index (χ2n) is 13.7. The minimum absolute atomic E-state index is 0.881. The van der Waals surface area contributed by atoms with Gasteiger partial charge in [-0.05, 0) is 82.1 Å². The second-order valence-corrected chi connectivity index (χ2v) is 13.7. The highest BCUT2D eigenvalue weighted by Crippen LogP contribution is 2.44. The Bertz CT molecular complexity index is 3160. The van der Waals surface area contributed by atoms with Crippen LogP contribution in [0.25, 0.3) is 87.7 Å². The molecule has 0 fully saturated rings. The van der Waals surface area contributed by atoms with Crippen molar-refractivity contribution in [2.24, 2.45) is 0 Å². The molecule has 11 rings (SSSR count). The molecule has 0 saturated heterocycles. The smallest absolute Gasteiger partial charge is 0.143 e. The maximum absolute atomic E-state index is 6.83. The number of nitrogens with zero attached hydrogens (tertiary/aromatic N) is 1. The molecule has 0 atom stereocenters. The highest BCUT2D eigenvalue weighted by Gasteiger charge is 2.19. The lowest BCUT2D eigenvalue weighted by Crippen LogP contribution is -2.09. The van der Waals surface area contributed by atoms with Gasteiger partial charge in [-0.15, -0.1) is 0 Å². The van der Waals surface area contributed by atoms with E-state index in [0.29, 0.717) is 0 Å². The number of fused-ring (bicyclic) bond motifs is 10. The monoisotopic (exact) mass is 677 g/mol. The number of para-hydroxylation sites is 2. The highest BCUT2D eigenvalue weighted by atomic mass is 16.3. The van der Waals surface area contributed by atoms with Crippen LogP contribution in [0.1, 0.15) is 0 Å². The summed E-state index contributed by atoms with van der Waals surface area (Å²) >= 11 is 0. The molecule has 0 N–H and O–H groups in total. The van der Waals surface area contributed by atoms with Gasteiger partial charge in [-0.1, -0.05) is 133 Å². The van der Waals surface area contributed by atoms with E-state index in [2.05, 4.69) is 193 Å². The molecule has 0 bridgehead atoms. The lowest BCUT2D eigenvalue weighted by Gasteiger charge is -2.25. The molecule has 248 valence electrons. The third-order valence-electron chi connectivity index (χ3n) is 10.6. The van der Waals surface area contributed by atoms with Crippen LogP contribution in [0.3, 0.4) is 0 Å². The third kappa shape index (κ3) is 4.68. The van der Waals surface area contributed by atoms with Gasteiger partial charge in [0.05, 0.1) is 0 Å². The van der Waals surface area contributed by atoms with Crippen LogP contribution in [0.15, 0.2) is 197 Å². The lowest BCUT2D eigenvalue weighted by molar-refractivity contribution is 0.672. The van der Waals surface area contributed by atoms with E-state index in [1.807, 2.05) is 0 Å². The van der Waals surface area contributed by atoms with Gasteiger partial charge in [-0.25, -0.2) is 0 Å². The maximum Gasteiger partial charge on any atom is 0.143 e. The van der Waals surface area contributed by atoms with Gasteiger partial charge in [0.2, 0.25) is 0 Å². The van der Waals surface area contributed by atoms with E-state index in [4.69, 9.17) is 8.83 Å². The minimum Gasteiger partial charge on any atom is -0.455 e. The standard InChI is InChI=1S/C50H31NO2/c1-3-12-32(13-4-1)44-31-46-42-21-11-20-39(49(42)53-50(46)41-19-10-9-18-40(41)44)34-22-25-36(26-23-34)51(35-15-5-2-6-16-35)37-27-29-47-45(30-37)43-28-24-33-14-7-8-17-38(33)48(43)52-47/h1-31H. The summed E-state index contributed by atoms with van der Waals surface area (Å²) in [7, 11) is 0. The van der Waals surface area contributed by atoms with Gasteiger partial charge in [0.15, 0.2) is 0 Å². The molecule has 9 aromatic carbocycles. The fraction of sp³-hybridized carbons (Fsp3) is 0. The van der Waals surface area contributed by atoms with Crippen LogP contribution in [0.5, 0.6) is 0 Å². The van der Waals surface area contributed by atoms with Crippen molar-refractivity contribution in [2.75, 3.05) is 4.90 Å². The van der Waals surface area contributed by atoms with Crippen molar-refractivity contribution in [1.82, 2.24) is 0 Å². The van der Waals surface area contributed by atoms with Crippen LogP contribution in [0.4, 0.5) is 17.1 Å². The summed E-state index contributed by atoms with van der Waals surface area (Å²) in [6.07, 6.45) is 0. The molecule has 0 aliphatic carbocycles. The Morgan fingerprint density at radius 3 is 1.74 bits per heavy atom. The summed E-state index contributed by atoms with van der Waals surface area (Å²) in [4.78, 5) is 2.31. The molecule has 0 saturated carbocycles.